The summed E-state index contributed by atoms with van der Waals surface area (Å²) in [4.78, 5) is 40.0. The van der Waals surface area contributed by atoms with Crippen LogP contribution in [0.3, 0.4) is 0 Å². The molecular formula is C24H24N2O4. The van der Waals surface area contributed by atoms with E-state index in [0.29, 0.717) is 28.0 Å². The van der Waals surface area contributed by atoms with Gasteiger partial charge in [0.15, 0.2) is 5.78 Å². The molecule has 0 saturated carbocycles. The fraction of sp³-hybridized carbons (Fsp3) is 0.208. The van der Waals surface area contributed by atoms with Gasteiger partial charge in [-0.15, -0.1) is 0 Å². The standard InChI is InChI=1S/C24H24N2O4/c1-24(2,3)19-13-16(17-9-6-10-26-23(17)29)12-18(21(19)30-4)20(27)14-7-5-8-15(11-14)22(25)28/h5-13H,1-4H3,(H2,25,28)(H,26,29). The molecule has 0 aliphatic carbocycles. The molecule has 0 unspecified atom stereocenters. The average Bonchev–Trinajstić information content (AvgIpc) is 2.72. The van der Waals surface area contributed by atoms with E-state index in [2.05, 4.69) is 4.98 Å². The number of hydrogen-bond acceptors (Lipinski definition) is 4. The van der Waals surface area contributed by atoms with E-state index >= 15 is 0 Å². The Labute approximate surface area is 174 Å². The van der Waals surface area contributed by atoms with Gasteiger partial charge in [-0.1, -0.05) is 32.9 Å². The molecule has 0 atom stereocenters. The predicted octanol–water partition coefficient (Wildman–Crippen LogP) is 3.68. The molecule has 6 heteroatoms. The van der Waals surface area contributed by atoms with Crippen LogP contribution in [-0.4, -0.2) is 23.8 Å². The second-order valence-electron chi connectivity index (χ2n) is 8.04. The Balaban J connectivity index is 2.30. The number of ether oxygens (including phenoxy) is 1. The van der Waals surface area contributed by atoms with Crippen LogP contribution in [0.5, 0.6) is 5.75 Å². The van der Waals surface area contributed by atoms with Crippen molar-refractivity contribution in [2.24, 2.45) is 5.73 Å². The normalized spacial score (nSPS) is 11.2. The van der Waals surface area contributed by atoms with Crippen LogP contribution in [0.4, 0.5) is 0 Å². The number of nitrogens with one attached hydrogen (secondary N) is 1. The van der Waals surface area contributed by atoms with Crippen molar-refractivity contribution in [2.75, 3.05) is 7.11 Å². The predicted molar refractivity (Wildman–Crippen MR) is 116 cm³/mol. The molecule has 0 bridgehead atoms. The molecule has 0 aliphatic heterocycles. The third-order valence-corrected chi connectivity index (χ3v) is 4.88. The van der Waals surface area contributed by atoms with E-state index in [0.717, 1.165) is 5.56 Å². The van der Waals surface area contributed by atoms with Gasteiger partial charge in [0.05, 0.1) is 12.7 Å². The first-order valence-electron chi connectivity index (χ1n) is 9.48. The van der Waals surface area contributed by atoms with Crippen LogP contribution >= 0.6 is 0 Å². The summed E-state index contributed by atoms with van der Waals surface area (Å²) in [6, 6.07) is 13.2. The number of rotatable bonds is 5. The minimum atomic E-state index is -0.614. The van der Waals surface area contributed by atoms with Crippen LogP contribution in [0.25, 0.3) is 11.1 Å². The number of pyridine rings is 1. The topological polar surface area (TPSA) is 102 Å². The van der Waals surface area contributed by atoms with E-state index in [9.17, 15) is 14.4 Å². The van der Waals surface area contributed by atoms with Gasteiger partial charge >= 0.3 is 0 Å². The van der Waals surface area contributed by atoms with Gasteiger partial charge in [0.1, 0.15) is 5.75 Å². The summed E-state index contributed by atoms with van der Waals surface area (Å²) in [5, 5.41) is 0. The van der Waals surface area contributed by atoms with Crippen molar-refractivity contribution < 1.29 is 14.3 Å². The fourth-order valence-electron chi connectivity index (χ4n) is 3.35. The summed E-state index contributed by atoms with van der Waals surface area (Å²) in [5.74, 6) is -0.501. The molecule has 2 aromatic carbocycles. The van der Waals surface area contributed by atoms with Crippen LogP contribution < -0.4 is 16.0 Å². The number of carbonyl (C=O) groups excluding carboxylic acids is 2. The van der Waals surface area contributed by atoms with E-state index in [1.165, 1.54) is 13.2 Å². The molecule has 3 N–H and O–H groups in total. The lowest BCUT2D eigenvalue weighted by Crippen LogP contribution is -2.17. The molecule has 3 rings (SSSR count). The Hall–Kier alpha value is -3.67. The van der Waals surface area contributed by atoms with Gasteiger partial charge in [-0.25, -0.2) is 0 Å². The van der Waals surface area contributed by atoms with E-state index < -0.39 is 5.91 Å². The number of amides is 1. The Morgan fingerprint density at radius 2 is 1.70 bits per heavy atom. The largest absolute Gasteiger partial charge is 0.496 e. The van der Waals surface area contributed by atoms with E-state index in [4.69, 9.17) is 10.5 Å². The van der Waals surface area contributed by atoms with E-state index in [1.807, 2.05) is 26.8 Å². The van der Waals surface area contributed by atoms with Crippen molar-refractivity contribution in [1.82, 2.24) is 4.98 Å². The van der Waals surface area contributed by atoms with Crippen molar-refractivity contribution in [3.63, 3.8) is 0 Å². The quantitative estimate of drug-likeness (QED) is 0.633. The summed E-state index contributed by atoms with van der Waals surface area (Å²) in [7, 11) is 1.51. The number of H-pyrrole nitrogens is 1. The molecule has 1 aromatic heterocycles. The lowest BCUT2D eigenvalue weighted by atomic mass is 9.82. The maximum absolute atomic E-state index is 13.4. The lowest BCUT2D eigenvalue weighted by Gasteiger charge is -2.25. The van der Waals surface area contributed by atoms with Gasteiger partial charge in [0.25, 0.3) is 5.56 Å². The highest BCUT2D eigenvalue weighted by atomic mass is 16.5. The number of aromatic amines is 1. The molecule has 0 fully saturated rings. The monoisotopic (exact) mass is 404 g/mol. The zero-order valence-electron chi connectivity index (χ0n) is 17.4. The van der Waals surface area contributed by atoms with E-state index in [-0.39, 0.29) is 22.3 Å². The number of hydrogen-bond donors (Lipinski definition) is 2. The molecule has 154 valence electrons. The van der Waals surface area contributed by atoms with E-state index in [1.54, 1.807) is 42.6 Å². The van der Waals surface area contributed by atoms with Gasteiger partial charge in [0, 0.05) is 28.5 Å². The minimum absolute atomic E-state index is 0.242. The maximum Gasteiger partial charge on any atom is 0.255 e. The summed E-state index contributed by atoms with van der Waals surface area (Å²) < 4.78 is 5.65. The average molecular weight is 404 g/mol. The number of nitrogens with two attached hydrogens (primary N) is 1. The highest BCUT2D eigenvalue weighted by molar-refractivity contribution is 6.12. The smallest absolute Gasteiger partial charge is 0.255 e. The zero-order chi connectivity index (χ0) is 22.1. The summed E-state index contributed by atoms with van der Waals surface area (Å²) in [5.41, 5.74) is 7.47. The van der Waals surface area contributed by atoms with Crippen LogP contribution in [0, 0.1) is 0 Å². The zero-order valence-corrected chi connectivity index (χ0v) is 17.4. The molecule has 1 heterocycles. The highest BCUT2D eigenvalue weighted by Crippen LogP contribution is 2.38. The highest BCUT2D eigenvalue weighted by Gasteiger charge is 2.26. The third-order valence-electron chi connectivity index (χ3n) is 4.88. The molecule has 0 saturated heterocycles. The van der Waals surface area contributed by atoms with Gasteiger partial charge in [-0.2, -0.15) is 0 Å². The van der Waals surface area contributed by atoms with Crippen molar-refractivity contribution >= 4 is 11.7 Å². The molecule has 3 aromatic rings. The number of aromatic nitrogens is 1. The van der Waals surface area contributed by atoms with Gasteiger partial charge < -0.3 is 15.5 Å². The Kier molecular flexibility index (Phi) is 5.60. The second-order valence-corrected chi connectivity index (χ2v) is 8.04. The van der Waals surface area contributed by atoms with Crippen LogP contribution in [0.1, 0.15) is 52.6 Å². The Morgan fingerprint density at radius 3 is 2.30 bits per heavy atom. The first-order valence-corrected chi connectivity index (χ1v) is 9.48. The van der Waals surface area contributed by atoms with Crippen LogP contribution in [-0.2, 0) is 5.41 Å². The van der Waals surface area contributed by atoms with Crippen LogP contribution in [0.15, 0.2) is 59.5 Å². The number of methoxy groups -OCH3 is 1. The molecule has 1 amide bonds. The molecule has 30 heavy (non-hydrogen) atoms. The number of carbonyl (C=O) groups is 2. The third kappa shape index (κ3) is 4.03. The van der Waals surface area contributed by atoms with Crippen molar-refractivity contribution in [3.05, 3.63) is 87.3 Å². The van der Waals surface area contributed by atoms with Crippen molar-refractivity contribution in [2.45, 2.75) is 26.2 Å². The van der Waals surface area contributed by atoms with Gasteiger partial charge in [0.2, 0.25) is 5.91 Å². The molecule has 6 nitrogen and oxygen atoms in total. The number of ketones is 1. The van der Waals surface area contributed by atoms with Crippen molar-refractivity contribution in [1.29, 1.82) is 0 Å². The summed E-state index contributed by atoms with van der Waals surface area (Å²) in [6.45, 7) is 6.02. The second kappa shape index (κ2) is 7.99. The maximum atomic E-state index is 13.4. The van der Waals surface area contributed by atoms with Gasteiger partial charge in [-0.05, 0) is 47.4 Å². The first-order chi connectivity index (χ1) is 14.1. The van der Waals surface area contributed by atoms with Gasteiger partial charge in [-0.3, -0.25) is 14.4 Å². The molecule has 0 spiro atoms. The number of benzene rings is 2. The molecule has 0 aliphatic rings. The van der Waals surface area contributed by atoms with Crippen molar-refractivity contribution in [3.8, 4) is 16.9 Å². The molecular weight excluding hydrogens is 380 g/mol. The molecule has 0 radical (unpaired) electrons. The first kappa shape index (κ1) is 21.0. The summed E-state index contributed by atoms with van der Waals surface area (Å²) >= 11 is 0. The van der Waals surface area contributed by atoms with Crippen LogP contribution in [0.2, 0.25) is 0 Å². The lowest BCUT2D eigenvalue weighted by molar-refractivity contribution is 0.1000. The minimum Gasteiger partial charge on any atom is -0.496 e. The Morgan fingerprint density at radius 1 is 1.00 bits per heavy atom. The fourth-order valence-corrected chi connectivity index (χ4v) is 3.35. The Bertz CT molecular complexity index is 1190. The number of primary amides is 1. The summed E-state index contributed by atoms with van der Waals surface area (Å²) in [6.07, 6.45) is 1.56. The SMILES string of the molecule is COc1c(C(=O)c2cccc(C(N)=O)c2)cc(-c2ccc[nH]c2=O)cc1C(C)(C)C.